The average Bonchev–Trinajstić information content (AvgIpc) is 2.85. The number of rotatable bonds is 4. The first-order valence-corrected chi connectivity index (χ1v) is 12.5. The fourth-order valence-corrected chi connectivity index (χ4v) is 8.94. The van der Waals surface area contributed by atoms with Gasteiger partial charge in [-0.3, -0.25) is 0 Å². The van der Waals surface area contributed by atoms with Crippen molar-refractivity contribution < 1.29 is 0 Å². The van der Waals surface area contributed by atoms with Crippen molar-refractivity contribution in [2.75, 3.05) is 0 Å². The lowest BCUT2D eigenvalue weighted by molar-refractivity contribution is -0.160. The van der Waals surface area contributed by atoms with Gasteiger partial charge in [0.25, 0.3) is 0 Å². The lowest BCUT2D eigenvalue weighted by Crippen LogP contribution is -2.57. The third kappa shape index (κ3) is 2.98. The predicted molar refractivity (Wildman–Crippen MR) is 124 cm³/mol. The Morgan fingerprint density at radius 3 is 2.04 bits per heavy atom. The Bertz CT molecular complexity index is 601. The van der Waals surface area contributed by atoms with Gasteiger partial charge in [0.05, 0.1) is 0 Å². The van der Waals surface area contributed by atoms with E-state index in [-0.39, 0.29) is 0 Å². The maximum atomic E-state index is 4.27. The van der Waals surface area contributed by atoms with Crippen LogP contribution in [-0.2, 0) is 0 Å². The van der Waals surface area contributed by atoms with Crippen molar-refractivity contribution in [2.24, 2.45) is 51.2 Å². The Morgan fingerprint density at radius 2 is 1.46 bits per heavy atom. The summed E-state index contributed by atoms with van der Waals surface area (Å²) in [6, 6.07) is 0. The van der Waals surface area contributed by atoms with Gasteiger partial charge in [0.15, 0.2) is 0 Å². The van der Waals surface area contributed by atoms with E-state index in [4.69, 9.17) is 0 Å². The quantitative estimate of drug-likeness (QED) is 0.423. The zero-order chi connectivity index (χ0) is 21.1. The Balaban J connectivity index is 1.95. The van der Waals surface area contributed by atoms with Crippen molar-refractivity contribution in [3.05, 3.63) is 12.2 Å². The molecule has 0 radical (unpaired) electrons. The van der Waals surface area contributed by atoms with Crippen LogP contribution in [0.3, 0.4) is 0 Å². The van der Waals surface area contributed by atoms with Crippen LogP contribution in [0.4, 0.5) is 0 Å². The van der Waals surface area contributed by atoms with Crippen molar-refractivity contribution in [1.29, 1.82) is 0 Å². The standard InChI is InChI=1S/C28H50/c1-19(2)17-23-12-15-25(7)22(6)24(13-16-26(23,25)8)27(9)14-11-21(5)18-28(27,10)20(3)4/h20-24H,1,11-18H2,2-10H3/t21-,22?,23+,24?,25-,26+,27+,28+/m0/s1. The van der Waals surface area contributed by atoms with Crippen LogP contribution < -0.4 is 0 Å². The zero-order valence-corrected chi connectivity index (χ0v) is 20.8. The monoisotopic (exact) mass is 386 g/mol. The minimum Gasteiger partial charge on any atom is -0.100 e. The Labute approximate surface area is 177 Å². The summed E-state index contributed by atoms with van der Waals surface area (Å²) in [7, 11) is 0. The van der Waals surface area contributed by atoms with Gasteiger partial charge >= 0.3 is 0 Å². The molecule has 8 atom stereocenters. The van der Waals surface area contributed by atoms with Gasteiger partial charge in [-0.15, -0.1) is 6.58 Å². The fraction of sp³-hybridized carbons (Fsp3) is 0.929. The highest BCUT2D eigenvalue weighted by Crippen LogP contribution is 2.72. The second-order valence-corrected chi connectivity index (χ2v) is 13.0. The Kier molecular flexibility index (Phi) is 5.74. The highest BCUT2D eigenvalue weighted by atomic mass is 14.7. The van der Waals surface area contributed by atoms with Crippen LogP contribution in [0.25, 0.3) is 0 Å². The van der Waals surface area contributed by atoms with Crippen molar-refractivity contribution in [3.63, 3.8) is 0 Å². The lowest BCUT2D eigenvalue weighted by atomic mass is 9.40. The second-order valence-electron chi connectivity index (χ2n) is 13.0. The molecule has 0 saturated heterocycles. The maximum absolute atomic E-state index is 4.27. The number of fused-ring (bicyclic) bond motifs is 1. The van der Waals surface area contributed by atoms with Gasteiger partial charge < -0.3 is 0 Å². The first-order chi connectivity index (χ1) is 12.8. The van der Waals surface area contributed by atoms with Crippen LogP contribution in [0.1, 0.15) is 114 Å². The van der Waals surface area contributed by atoms with E-state index >= 15 is 0 Å². The van der Waals surface area contributed by atoms with Gasteiger partial charge in [-0.25, -0.2) is 0 Å². The largest absolute Gasteiger partial charge is 0.100 e. The molecular formula is C28H50. The highest BCUT2D eigenvalue weighted by molar-refractivity contribution is 5.14. The van der Waals surface area contributed by atoms with E-state index in [0.29, 0.717) is 21.7 Å². The van der Waals surface area contributed by atoms with Crippen LogP contribution in [0.5, 0.6) is 0 Å². The van der Waals surface area contributed by atoms with E-state index in [1.807, 2.05) is 0 Å². The smallest absolute Gasteiger partial charge is 0.0238 e. The summed E-state index contributed by atoms with van der Waals surface area (Å²) in [5.41, 5.74) is 3.37. The van der Waals surface area contributed by atoms with E-state index in [0.717, 1.165) is 29.6 Å². The number of hydrogen-bond acceptors (Lipinski definition) is 0. The number of allylic oxidation sites excluding steroid dienone is 1. The van der Waals surface area contributed by atoms with Crippen LogP contribution in [0.2, 0.25) is 0 Å². The SMILES string of the molecule is C=C(C)C[C@H]1CC[C@@]2(C)C(C)C([C@@]3(C)CC[C@H](C)C[C@]3(C)C(C)C)CC[C@]12C. The molecule has 0 heteroatoms. The maximum Gasteiger partial charge on any atom is -0.0238 e. The van der Waals surface area contributed by atoms with Crippen molar-refractivity contribution in [1.82, 2.24) is 0 Å². The molecule has 0 spiro atoms. The zero-order valence-electron chi connectivity index (χ0n) is 20.8. The van der Waals surface area contributed by atoms with E-state index in [2.05, 4.69) is 68.9 Å². The first kappa shape index (κ1) is 22.4. The summed E-state index contributed by atoms with van der Waals surface area (Å²) >= 11 is 0. The minimum atomic E-state index is 0.476. The van der Waals surface area contributed by atoms with Crippen LogP contribution in [-0.4, -0.2) is 0 Å². The molecule has 3 aliphatic rings. The van der Waals surface area contributed by atoms with Crippen LogP contribution in [0.15, 0.2) is 12.2 Å². The van der Waals surface area contributed by atoms with E-state index in [1.54, 1.807) is 0 Å². The molecule has 3 fully saturated rings. The normalized spacial score (nSPS) is 51.9. The molecule has 0 aromatic carbocycles. The Morgan fingerprint density at radius 1 is 0.893 bits per heavy atom. The summed E-state index contributed by atoms with van der Waals surface area (Å²) in [6.07, 6.45) is 11.3. The van der Waals surface area contributed by atoms with Gasteiger partial charge in [0.2, 0.25) is 0 Å². The molecular weight excluding hydrogens is 336 g/mol. The molecule has 0 aromatic rings. The van der Waals surface area contributed by atoms with Crippen LogP contribution in [0, 0.1) is 51.2 Å². The fourth-order valence-electron chi connectivity index (χ4n) is 8.94. The van der Waals surface area contributed by atoms with Crippen molar-refractivity contribution in [3.8, 4) is 0 Å². The van der Waals surface area contributed by atoms with E-state index in [1.165, 1.54) is 56.9 Å². The van der Waals surface area contributed by atoms with Gasteiger partial charge in [-0.1, -0.05) is 67.4 Å². The van der Waals surface area contributed by atoms with Gasteiger partial charge in [0.1, 0.15) is 0 Å². The van der Waals surface area contributed by atoms with E-state index in [9.17, 15) is 0 Å². The molecule has 0 nitrogen and oxygen atoms in total. The van der Waals surface area contributed by atoms with Gasteiger partial charge in [-0.2, -0.15) is 0 Å². The molecule has 0 N–H and O–H groups in total. The third-order valence-electron chi connectivity index (χ3n) is 11.7. The van der Waals surface area contributed by atoms with Crippen molar-refractivity contribution >= 4 is 0 Å². The molecule has 3 saturated carbocycles. The molecule has 0 bridgehead atoms. The van der Waals surface area contributed by atoms with Crippen LogP contribution >= 0.6 is 0 Å². The molecule has 2 unspecified atom stereocenters. The first-order valence-electron chi connectivity index (χ1n) is 12.5. The molecule has 0 heterocycles. The summed E-state index contributed by atoms with van der Waals surface area (Å²) in [4.78, 5) is 0. The lowest BCUT2D eigenvalue weighted by Gasteiger charge is -2.65. The van der Waals surface area contributed by atoms with E-state index < -0.39 is 0 Å². The molecule has 3 rings (SSSR count). The predicted octanol–water partition coefficient (Wildman–Crippen LogP) is 8.91. The summed E-state index contributed by atoms with van der Waals surface area (Å²) < 4.78 is 0. The van der Waals surface area contributed by atoms with Gasteiger partial charge in [-0.05, 0) is 103 Å². The summed E-state index contributed by atoms with van der Waals surface area (Å²) in [6.45, 7) is 27.4. The Hall–Kier alpha value is -0.260. The minimum absolute atomic E-state index is 0.476. The number of hydrogen-bond donors (Lipinski definition) is 0. The topological polar surface area (TPSA) is 0 Å². The summed E-state index contributed by atoms with van der Waals surface area (Å²) in [5.74, 6) is 4.24. The molecule has 0 amide bonds. The molecule has 0 aliphatic heterocycles. The van der Waals surface area contributed by atoms with Gasteiger partial charge in [0, 0.05) is 0 Å². The van der Waals surface area contributed by atoms with Crippen molar-refractivity contribution in [2.45, 2.75) is 114 Å². The highest BCUT2D eigenvalue weighted by Gasteiger charge is 2.64. The second kappa shape index (κ2) is 7.16. The molecule has 0 aromatic heterocycles. The average molecular weight is 387 g/mol. The molecule has 162 valence electrons. The molecule has 28 heavy (non-hydrogen) atoms. The molecule has 3 aliphatic carbocycles. The summed E-state index contributed by atoms with van der Waals surface area (Å²) in [5, 5.41) is 0. The third-order valence-corrected chi connectivity index (χ3v) is 11.7.